The molecule has 0 atom stereocenters. The average molecular weight is 589 g/mol. The Morgan fingerprint density at radius 2 is 0.795 bits per heavy atom. The first kappa shape index (κ1) is 28.3. The minimum atomic E-state index is -4.53. The summed E-state index contributed by atoms with van der Waals surface area (Å²) < 4.78 is 47.9. The molecule has 0 saturated heterocycles. The van der Waals surface area contributed by atoms with Gasteiger partial charge in [0.2, 0.25) is 0 Å². The number of hydrogen-bond donors (Lipinski definition) is 0. The van der Waals surface area contributed by atoms with Gasteiger partial charge in [0, 0.05) is 32.9 Å². The molecule has 0 aliphatic heterocycles. The van der Waals surface area contributed by atoms with Crippen LogP contribution in [0.25, 0.3) is 55.0 Å². The number of alkyl halides is 3. The van der Waals surface area contributed by atoms with Crippen LogP contribution in [0.15, 0.2) is 103 Å². The highest BCUT2D eigenvalue weighted by Crippen LogP contribution is 2.40. The predicted octanol–water partition coefficient (Wildman–Crippen LogP) is 11.5. The number of nitrogens with zero attached hydrogens (tertiary/aromatic N) is 2. The van der Waals surface area contributed by atoms with Gasteiger partial charge in [0.1, 0.15) is 0 Å². The Labute approximate surface area is 255 Å². The van der Waals surface area contributed by atoms with Gasteiger partial charge in [-0.15, -0.1) is 0 Å². The molecule has 0 amide bonds. The van der Waals surface area contributed by atoms with E-state index in [0.717, 1.165) is 43.6 Å². The zero-order chi connectivity index (χ0) is 31.2. The molecule has 0 bridgehead atoms. The van der Waals surface area contributed by atoms with E-state index < -0.39 is 11.7 Å². The van der Waals surface area contributed by atoms with Crippen LogP contribution in [-0.2, 0) is 17.0 Å². The lowest BCUT2D eigenvalue weighted by atomic mass is 9.86. The first-order valence-corrected chi connectivity index (χ1v) is 15.0. The normalized spacial score (nSPS) is 13.1. The summed E-state index contributed by atoms with van der Waals surface area (Å²) in [7, 11) is 0. The van der Waals surface area contributed by atoms with Gasteiger partial charge in [-0.2, -0.15) is 13.2 Å². The minimum Gasteiger partial charge on any atom is -0.309 e. The van der Waals surface area contributed by atoms with Gasteiger partial charge in [0.05, 0.1) is 27.6 Å². The third-order valence-electron chi connectivity index (χ3n) is 8.82. The molecule has 7 rings (SSSR count). The molecule has 2 aromatic heterocycles. The Morgan fingerprint density at radius 3 is 1.18 bits per heavy atom. The Bertz CT molecular complexity index is 2080. The third-order valence-corrected chi connectivity index (χ3v) is 8.82. The fraction of sp³-hybridized carbons (Fsp3) is 0.231. The number of para-hydroxylation sites is 2. The number of aromatic nitrogens is 2. The molecule has 222 valence electrons. The third kappa shape index (κ3) is 4.49. The molecule has 44 heavy (non-hydrogen) atoms. The van der Waals surface area contributed by atoms with Crippen molar-refractivity contribution in [3.05, 3.63) is 120 Å². The van der Waals surface area contributed by atoms with E-state index in [1.54, 1.807) is 0 Å². The van der Waals surface area contributed by atoms with Crippen molar-refractivity contribution in [3.63, 3.8) is 0 Å². The summed E-state index contributed by atoms with van der Waals surface area (Å²) >= 11 is 0. The van der Waals surface area contributed by atoms with Crippen molar-refractivity contribution < 1.29 is 13.2 Å². The van der Waals surface area contributed by atoms with Gasteiger partial charge in [-0.3, -0.25) is 0 Å². The first-order valence-electron chi connectivity index (χ1n) is 15.0. The SMILES string of the molecule is CC(C)(C)c1ccc2c(c1)c1ccccc1n2-c1cc(-n2c3ccccc3c3cc(C(C)(C)C)ccc32)cc(C(F)(F)F)c1. The predicted molar refractivity (Wildman–Crippen MR) is 178 cm³/mol. The Kier molecular flexibility index (Phi) is 6.10. The lowest BCUT2D eigenvalue weighted by molar-refractivity contribution is -0.137. The van der Waals surface area contributed by atoms with Gasteiger partial charge in [-0.05, 0) is 76.6 Å². The van der Waals surface area contributed by atoms with Crippen LogP contribution in [0.4, 0.5) is 13.2 Å². The maximum atomic E-state index is 14.6. The van der Waals surface area contributed by atoms with Crippen molar-refractivity contribution in [3.8, 4) is 11.4 Å². The average Bonchev–Trinajstić information content (AvgIpc) is 3.48. The van der Waals surface area contributed by atoms with Gasteiger partial charge < -0.3 is 9.13 Å². The molecular formula is C39H35F3N2. The maximum absolute atomic E-state index is 14.6. The maximum Gasteiger partial charge on any atom is 0.416 e. The second-order valence-corrected chi connectivity index (χ2v) is 13.9. The Balaban J connectivity index is 1.57. The van der Waals surface area contributed by atoms with E-state index in [2.05, 4.69) is 77.9 Å². The second-order valence-electron chi connectivity index (χ2n) is 13.9. The number of fused-ring (bicyclic) bond motifs is 6. The van der Waals surface area contributed by atoms with E-state index in [-0.39, 0.29) is 10.8 Å². The molecule has 0 spiro atoms. The van der Waals surface area contributed by atoms with E-state index in [4.69, 9.17) is 0 Å². The van der Waals surface area contributed by atoms with Crippen LogP contribution in [0.1, 0.15) is 58.2 Å². The highest BCUT2D eigenvalue weighted by Gasteiger charge is 2.32. The summed E-state index contributed by atoms with van der Waals surface area (Å²) in [5.74, 6) is 0. The molecule has 0 fully saturated rings. The molecule has 0 aliphatic rings. The number of rotatable bonds is 2. The molecular weight excluding hydrogens is 553 g/mol. The Hall–Kier alpha value is -4.51. The van der Waals surface area contributed by atoms with Gasteiger partial charge in [0.25, 0.3) is 0 Å². The molecule has 2 heterocycles. The molecule has 5 heteroatoms. The van der Waals surface area contributed by atoms with Crippen molar-refractivity contribution in [2.75, 3.05) is 0 Å². The van der Waals surface area contributed by atoms with Crippen molar-refractivity contribution in [1.29, 1.82) is 0 Å². The zero-order valence-electron chi connectivity index (χ0n) is 25.8. The molecule has 7 aromatic rings. The van der Waals surface area contributed by atoms with E-state index >= 15 is 0 Å². The molecule has 2 nitrogen and oxygen atoms in total. The number of halogens is 3. The van der Waals surface area contributed by atoms with E-state index in [1.165, 1.54) is 23.3 Å². The highest BCUT2D eigenvalue weighted by atomic mass is 19.4. The number of hydrogen-bond acceptors (Lipinski definition) is 0. The molecule has 0 N–H and O–H groups in total. The summed E-state index contributed by atoms with van der Waals surface area (Å²) in [5.41, 5.74) is 5.99. The van der Waals surface area contributed by atoms with Crippen molar-refractivity contribution >= 4 is 43.6 Å². The summed E-state index contributed by atoms with van der Waals surface area (Å²) in [5, 5.41) is 4.08. The van der Waals surface area contributed by atoms with E-state index in [9.17, 15) is 13.2 Å². The standard InChI is InChI=1S/C39H35F3N2/c1-37(2,3)24-15-17-35-31(21-24)29-11-7-9-13-33(29)43(35)27-19-26(39(40,41)42)20-28(23-27)44-34-14-10-8-12-30(34)32-22-25(38(4,5)6)16-18-36(32)44/h7-23H,1-6H3. The molecule has 0 saturated carbocycles. The second kappa shape index (κ2) is 9.49. The molecule has 5 aromatic carbocycles. The van der Waals surface area contributed by atoms with Crippen molar-refractivity contribution in [2.45, 2.75) is 58.5 Å². The summed E-state index contributed by atoms with van der Waals surface area (Å²) in [6, 6.07) is 33.0. The van der Waals surface area contributed by atoms with Crippen LogP contribution in [0.5, 0.6) is 0 Å². The Morgan fingerprint density at radius 1 is 0.409 bits per heavy atom. The molecule has 0 unspecified atom stereocenters. The van der Waals surface area contributed by atoms with Crippen molar-refractivity contribution in [1.82, 2.24) is 9.13 Å². The minimum absolute atomic E-state index is 0.0653. The fourth-order valence-electron chi connectivity index (χ4n) is 6.45. The highest BCUT2D eigenvalue weighted by molar-refractivity contribution is 6.11. The van der Waals surface area contributed by atoms with Crippen LogP contribution in [-0.4, -0.2) is 9.13 Å². The lowest BCUT2D eigenvalue weighted by Crippen LogP contribution is -2.11. The number of benzene rings is 5. The summed E-state index contributed by atoms with van der Waals surface area (Å²) in [4.78, 5) is 0. The summed E-state index contributed by atoms with van der Waals surface area (Å²) in [6.07, 6.45) is -4.53. The van der Waals surface area contributed by atoms with Crippen molar-refractivity contribution in [2.24, 2.45) is 0 Å². The van der Waals surface area contributed by atoms with Crippen LogP contribution in [0.2, 0.25) is 0 Å². The quantitative estimate of drug-likeness (QED) is 0.190. The molecule has 0 radical (unpaired) electrons. The van der Waals surface area contributed by atoms with E-state index in [0.29, 0.717) is 11.4 Å². The smallest absolute Gasteiger partial charge is 0.309 e. The topological polar surface area (TPSA) is 9.86 Å². The van der Waals surface area contributed by atoms with E-state index in [1.807, 2.05) is 63.7 Å². The van der Waals surface area contributed by atoms with Gasteiger partial charge >= 0.3 is 6.18 Å². The van der Waals surface area contributed by atoms with Crippen LogP contribution in [0, 0.1) is 0 Å². The molecule has 0 aliphatic carbocycles. The van der Waals surface area contributed by atoms with Crippen LogP contribution >= 0.6 is 0 Å². The van der Waals surface area contributed by atoms with Gasteiger partial charge in [-0.1, -0.05) is 90.1 Å². The van der Waals surface area contributed by atoms with Crippen LogP contribution in [0.3, 0.4) is 0 Å². The lowest BCUT2D eigenvalue weighted by Gasteiger charge is -2.20. The van der Waals surface area contributed by atoms with Gasteiger partial charge in [-0.25, -0.2) is 0 Å². The summed E-state index contributed by atoms with van der Waals surface area (Å²) in [6.45, 7) is 13.0. The zero-order valence-corrected chi connectivity index (χ0v) is 25.8. The van der Waals surface area contributed by atoms with Crippen LogP contribution < -0.4 is 0 Å². The fourth-order valence-corrected chi connectivity index (χ4v) is 6.45. The first-order chi connectivity index (χ1) is 20.7. The largest absolute Gasteiger partial charge is 0.416 e. The monoisotopic (exact) mass is 588 g/mol. The van der Waals surface area contributed by atoms with Gasteiger partial charge in [0.15, 0.2) is 0 Å².